The molecule has 0 fully saturated rings. The van der Waals surface area contributed by atoms with Crippen LogP contribution in [0, 0.1) is 12.3 Å². The molecule has 0 rings (SSSR count). The van der Waals surface area contributed by atoms with Crippen molar-refractivity contribution in [1.82, 2.24) is 5.32 Å². The molecule has 10 heavy (non-hydrogen) atoms. The maximum atomic E-state index is 5.08. The summed E-state index contributed by atoms with van der Waals surface area (Å²) < 4.78 is 0. The number of hydrogen-bond acceptors (Lipinski definition) is 1. The van der Waals surface area contributed by atoms with E-state index in [9.17, 15) is 0 Å². The van der Waals surface area contributed by atoms with Crippen LogP contribution >= 0.6 is 0 Å². The van der Waals surface area contributed by atoms with Crippen LogP contribution in [0.5, 0.6) is 0 Å². The van der Waals surface area contributed by atoms with Crippen molar-refractivity contribution in [3.05, 3.63) is 12.7 Å². The Balaban J connectivity index is 3.14. The Bertz CT molecular complexity index is 121. The van der Waals surface area contributed by atoms with Crippen LogP contribution in [0.2, 0.25) is 0 Å². The quantitative estimate of drug-likeness (QED) is 0.344. The van der Waals surface area contributed by atoms with E-state index < -0.39 is 0 Å². The SMILES string of the molecule is C#CCCNC(C)CC=C. The number of rotatable bonds is 5. The fourth-order valence-corrected chi connectivity index (χ4v) is 0.724. The van der Waals surface area contributed by atoms with Gasteiger partial charge in [0.15, 0.2) is 0 Å². The summed E-state index contributed by atoms with van der Waals surface area (Å²) in [5.74, 6) is 2.58. The predicted molar refractivity (Wildman–Crippen MR) is 45.7 cm³/mol. The van der Waals surface area contributed by atoms with Crippen LogP contribution in [0.4, 0.5) is 0 Å². The molecule has 0 aliphatic rings. The van der Waals surface area contributed by atoms with Crippen LogP contribution in [-0.4, -0.2) is 12.6 Å². The molecule has 0 aliphatic carbocycles. The van der Waals surface area contributed by atoms with Gasteiger partial charge in [-0.1, -0.05) is 6.08 Å². The Hall–Kier alpha value is -0.740. The van der Waals surface area contributed by atoms with E-state index >= 15 is 0 Å². The van der Waals surface area contributed by atoms with Gasteiger partial charge >= 0.3 is 0 Å². The molecule has 1 atom stereocenters. The fourth-order valence-electron chi connectivity index (χ4n) is 0.724. The zero-order chi connectivity index (χ0) is 7.82. The first kappa shape index (κ1) is 9.26. The van der Waals surface area contributed by atoms with Crippen LogP contribution < -0.4 is 5.32 Å². The van der Waals surface area contributed by atoms with Gasteiger partial charge in [0.2, 0.25) is 0 Å². The first-order valence-corrected chi connectivity index (χ1v) is 3.59. The average molecular weight is 137 g/mol. The van der Waals surface area contributed by atoms with E-state index in [4.69, 9.17) is 6.42 Å². The van der Waals surface area contributed by atoms with Crippen LogP contribution in [-0.2, 0) is 0 Å². The van der Waals surface area contributed by atoms with E-state index in [0.717, 1.165) is 19.4 Å². The van der Waals surface area contributed by atoms with Gasteiger partial charge in [-0.15, -0.1) is 18.9 Å². The lowest BCUT2D eigenvalue weighted by molar-refractivity contribution is 0.563. The van der Waals surface area contributed by atoms with E-state index in [2.05, 4.69) is 24.7 Å². The van der Waals surface area contributed by atoms with Gasteiger partial charge in [0.1, 0.15) is 0 Å². The van der Waals surface area contributed by atoms with Crippen molar-refractivity contribution < 1.29 is 0 Å². The van der Waals surface area contributed by atoms with Gasteiger partial charge in [0.05, 0.1) is 0 Å². The van der Waals surface area contributed by atoms with Crippen LogP contribution in [0.1, 0.15) is 19.8 Å². The third-order valence-corrected chi connectivity index (χ3v) is 1.28. The van der Waals surface area contributed by atoms with E-state index in [0.29, 0.717) is 6.04 Å². The number of nitrogens with one attached hydrogen (secondary N) is 1. The summed E-state index contributed by atoms with van der Waals surface area (Å²) in [6, 6.07) is 0.505. The second-order valence-electron chi connectivity index (χ2n) is 2.33. The molecule has 0 aromatic rings. The van der Waals surface area contributed by atoms with Crippen molar-refractivity contribution in [3.8, 4) is 12.3 Å². The molecular weight excluding hydrogens is 122 g/mol. The molecule has 0 aromatic heterocycles. The van der Waals surface area contributed by atoms with E-state index in [-0.39, 0.29) is 0 Å². The summed E-state index contributed by atoms with van der Waals surface area (Å²) in [4.78, 5) is 0. The molecule has 0 heterocycles. The van der Waals surface area contributed by atoms with Gasteiger partial charge in [-0.25, -0.2) is 0 Å². The summed E-state index contributed by atoms with van der Waals surface area (Å²) in [6.07, 6.45) is 8.80. The molecule has 0 spiro atoms. The van der Waals surface area contributed by atoms with Crippen molar-refractivity contribution in [2.24, 2.45) is 0 Å². The maximum absolute atomic E-state index is 5.08. The normalized spacial score (nSPS) is 12.0. The highest BCUT2D eigenvalue weighted by molar-refractivity contribution is 4.85. The molecular formula is C9H15N. The van der Waals surface area contributed by atoms with Crippen LogP contribution in [0.3, 0.4) is 0 Å². The highest BCUT2D eigenvalue weighted by Gasteiger charge is 1.94. The third-order valence-electron chi connectivity index (χ3n) is 1.28. The molecule has 0 amide bonds. The van der Waals surface area contributed by atoms with Crippen molar-refractivity contribution in [3.63, 3.8) is 0 Å². The summed E-state index contributed by atoms with van der Waals surface area (Å²) >= 11 is 0. The topological polar surface area (TPSA) is 12.0 Å². The molecule has 0 bridgehead atoms. The summed E-state index contributed by atoms with van der Waals surface area (Å²) in [5.41, 5.74) is 0. The Morgan fingerprint density at radius 2 is 2.50 bits per heavy atom. The molecule has 0 saturated heterocycles. The number of hydrogen-bond donors (Lipinski definition) is 1. The Morgan fingerprint density at radius 1 is 1.80 bits per heavy atom. The summed E-state index contributed by atoms with van der Waals surface area (Å²) in [6.45, 7) is 6.68. The summed E-state index contributed by atoms with van der Waals surface area (Å²) in [5, 5.41) is 3.27. The predicted octanol–water partition coefficient (Wildman–Crippen LogP) is 1.56. The molecule has 1 N–H and O–H groups in total. The molecule has 0 radical (unpaired) electrons. The van der Waals surface area contributed by atoms with E-state index in [1.165, 1.54) is 0 Å². The molecule has 1 nitrogen and oxygen atoms in total. The maximum Gasteiger partial charge on any atom is 0.0211 e. The fraction of sp³-hybridized carbons (Fsp3) is 0.556. The van der Waals surface area contributed by atoms with Gasteiger partial charge in [-0.2, -0.15) is 0 Å². The molecule has 0 saturated carbocycles. The van der Waals surface area contributed by atoms with Crippen LogP contribution in [0.25, 0.3) is 0 Å². The standard InChI is InChI=1S/C9H15N/c1-4-6-8-10-9(3)7-5-2/h1,5,9-10H,2,6-8H2,3H3. The van der Waals surface area contributed by atoms with Crippen molar-refractivity contribution in [2.75, 3.05) is 6.54 Å². The monoisotopic (exact) mass is 137 g/mol. The lowest BCUT2D eigenvalue weighted by atomic mass is 10.2. The number of terminal acetylenes is 1. The second kappa shape index (κ2) is 6.38. The lowest BCUT2D eigenvalue weighted by Crippen LogP contribution is -2.25. The zero-order valence-corrected chi connectivity index (χ0v) is 6.56. The van der Waals surface area contributed by atoms with Gasteiger partial charge < -0.3 is 5.32 Å². The zero-order valence-electron chi connectivity index (χ0n) is 6.56. The highest BCUT2D eigenvalue weighted by atomic mass is 14.9. The van der Waals surface area contributed by atoms with Crippen LogP contribution in [0.15, 0.2) is 12.7 Å². The Kier molecular flexibility index (Phi) is 5.91. The van der Waals surface area contributed by atoms with Crippen molar-refractivity contribution in [2.45, 2.75) is 25.8 Å². The Labute approximate surface area is 63.5 Å². The van der Waals surface area contributed by atoms with Gasteiger partial charge in [0, 0.05) is 19.0 Å². The van der Waals surface area contributed by atoms with Crippen molar-refractivity contribution in [1.29, 1.82) is 0 Å². The highest BCUT2D eigenvalue weighted by Crippen LogP contribution is 1.89. The lowest BCUT2D eigenvalue weighted by Gasteiger charge is -2.08. The molecule has 1 heteroatoms. The van der Waals surface area contributed by atoms with E-state index in [1.807, 2.05) is 6.08 Å². The smallest absolute Gasteiger partial charge is 0.0211 e. The average Bonchev–Trinajstić information content (AvgIpc) is 1.89. The largest absolute Gasteiger partial charge is 0.313 e. The third kappa shape index (κ3) is 5.40. The molecule has 56 valence electrons. The minimum Gasteiger partial charge on any atom is -0.313 e. The Morgan fingerprint density at radius 3 is 3.00 bits per heavy atom. The van der Waals surface area contributed by atoms with Crippen molar-refractivity contribution >= 4 is 0 Å². The molecule has 0 aliphatic heterocycles. The molecule has 0 aromatic carbocycles. The first-order chi connectivity index (χ1) is 4.81. The van der Waals surface area contributed by atoms with Gasteiger partial charge in [0.25, 0.3) is 0 Å². The minimum atomic E-state index is 0.505. The summed E-state index contributed by atoms with van der Waals surface area (Å²) in [7, 11) is 0. The minimum absolute atomic E-state index is 0.505. The second-order valence-corrected chi connectivity index (χ2v) is 2.33. The first-order valence-electron chi connectivity index (χ1n) is 3.59. The van der Waals surface area contributed by atoms with E-state index in [1.54, 1.807) is 0 Å². The van der Waals surface area contributed by atoms with Gasteiger partial charge in [-0.05, 0) is 13.3 Å². The molecule has 1 unspecified atom stereocenters. The van der Waals surface area contributed by atoms with Gasteiger partial charge in [-0.3, -0.25) is 0 Å².